The molecule has 0 saturated heterocycles. The maximum atomic E-state index is 12.2. The van der Waals surface area contributed by atoms with E-state index in [0.29, 0.717) is 17.1 Å². The number of halogens is 2. The molecule has 0 radical (unpaired) electrons. The Kier molecular flexibility index (Phi) is 5.04. The van der Waals surface area contributed by atoms with Crippen LogP contribution >= 0.6 is 27.5 Å². The normalized spacial score (nSPS) is 10.2. The van der Waals surface area contributed by atoms with Gasteiger partial charge in [-0.1, -0.05) is 39.7 Å². The average molecular weight is 354 g/mol. The van der Waals surface area contributed by atoms with Crippen molar-refractivity contribution in [2.45, 2.75) is 6.54 Å². The molecule has 0 heterocycles. The van der Waals surface area contributed by atoms with Crippen molar-refractivity contribution in [3.63, 3.8) is 0 Å². The van der Waals surface area contributed by atoms with Gasteiger partial charge in [-0.3, -0.25) is 4.79 Å². The number of amides is 1. The van der Waals surface area contributed by atoms with Crippen LogP contribution in [0.2, 0.25) is 5.02 Å². The number of carbonyl (C=O) groups is 1. The van der Waals surface area contributed by atoms with Crippen molar-refractivity contribution >= 4 is 39.1 Å². The van der Waals surface area contributed by atoms with Gasteiger partial charge in [0.25, 0.3) is 5.91 Å². The van der Waals surface area contributed by atoms with Crippen LogP contribution in [-0.4, -0.2) is 13.0 Å². The van der Waals surface area contributed by atoms with Crippen molar-refractivity contribution in [2.24, 2.45) is 0 Å². The van der Waals surface area contributed by atoms with Crippen molar-refractivity contribution in [3.05, 3.63) is 63.1 Å². The lowest BCUT2D eigenvalue weighted by Gasteiger charge is -2.10. The van der Waals surface area contributed by atoms with Gasteiger partial charge in [0.05, 0.1) is 5.56 Å². The largest absolute Gasteiger partial charge is 0.387 e. The summed E-state index contributed by atoms with van der Waals surface area (Å²) in [7, 11) is 1.77. The first-order valence-corrected chi connectivity index (χ1v) is 7.27. The molecule has 0 aliphatic heterocycles. The zero-order chi connectivity index (χ0) is 14.5. The fraction of sp³-hybridized carbons (Fsp3) is 0.133. The summed E-state index contributed by atoms with van der Waals surface area (Å²) in [4.78, 5) is 12.2. The molecule has 3 nitrogen and oxygen atoms in total. The van der Waals surface area contributed by atoms with Crippen LogP contribution in [0.15, 0.2) is 46.9 Å². The minimum atomic E-state index is -0.156. The lowest BCUT2D eigenvalue weighted by molar-refractivity contribution is 0.0951. The number of rotatable bonds is 4. The monoisotopic (exact) mass is 352 g/mol. The van der Waals surface area contributed by atoms with Gasteiger partial charge in [-0.15, -0.1) is 0 Å². The summed E-state index contributed by atoms with van der Waals surface area (Å²) < 4.78 is 0.989. The summed E-state index contributed by atoms with van der Waals surface area (Å²) in [5.41, 5.74) is 2.32. The quantitative estimate of drug-likeness (QED) is 0.870. The zero-order valence-electron chi connectivity index (χ0n) is 10.9. The number of carbonyl (C=O) groups excluding carboxylic acids is 1. The summed E-state index contributed by atoms with van der Waals surface area (Å²) in [5, 5.41) is 6.41. The van der Waals surface area contributed by atoms with E-state index >= 15 is 0 Å². The van der Waals surface area contributed by atoms with E-state index in [2.05, 4.69) is 26.6 Å². The molecule has 104 valence electrons. The predicted molar refractivity (Wildman–Crippen MR) is 86.3 cm³/mol. The molecule has 20 heavy (non-hydrogen) atoms. The van der Waals surface area contributed by atoms with Gasteiger partial charge in [0, 0.05) is 28.8 Å². The van der Waals surface area contributed by atoms with Crippen molar-refractivity contribution in [2.75, 3.05) is 12.4 Å². The number of hydrogen-bond acceptors (Lipinski definition) is 2. The highest BCUT2D eigenvalue weighted by atomic mass is 79.9. The van der Waals surface area contributed by atoms with E-state index in [-0.39, 0.29) is 5.91 Å². The lowest BCUT2D eigenvalue weighted by Crippen LogP contribution is -2.23. The van der Waals surface area contributed by atoms with E-state index in [9.17, 15) is 4.79 Å². The van der Waals surface area contributed by atoms with E-state index in [1.54, 1.807) is 25.2 Å². The Labute approximate surface area is 131 Å². The SMILES string of the molecule is CNc1ccc(Cl)cc1C(=O)NCc1cccc(Br)c1. The molecule has 0 saturated carbocycles. The molecule has 2 aromatic rings. The zero-order valence-corrected chi connectivity index (χ0v) is 13.3. The third-order valence-electron chi connectivity index (χ3n) is 2.84. The smallest absolute Gasteiger partial charge is 0.253 e. The standard InChI is InChI=1S/C15H14BrClN2O/c1-18-14-6-5-12(17)8-13(14)15(20)19-9-10-3-2-4-11(16)7-10/h2-8,18H,9H2,1H3,(H,19,20). The first-order chi connectivity index (χ1) is 9.60. The number of hydrogen-bond donors (Lipinski definition) is 2. The Morgan fingerprint density at radius 1 is 1.25 bits per heavy atom. The minimum Gasteiger partial charge on any atom is -0.387 e. The van der Waals surface area contributed by atoms with Gasteiger partial charge < -0.3 is 10.6 Å². The molecule has 0 bridgehead atoms. The fourth-order valence-corrected chi connectivity index (χ4v) is 2.47. The Morgan fingerprint density at radius 2 is 2.05 bits per heavy atom. The van der Waals surface area contributed by atoms with Crippen LogP contribution in [0.5, 0.6) is 0 Å². The van der Waals surface area contributed by atoms with Gasteiger partial charge in [0.15, 0.2) is 0 Å². The van der Waals surface area contributed by atoms with Crippen LogP contribution in [0.4, 0.5) is 5.69 Å². The molecule has 2 N–H and O–H groups in total. The fourth-order valence-electron chi connectivity index (χ4n) is 1.85. The molecule has 0 fully saturated rings. The molecule has 2 rings (SSSR count). The molecule has 0 aromatic heterocycles. The highest BCUT2D eigenvalue weighted by molar-refractivity contribution is 9.10. The van der Waals surface area contributed by atoms with E-state index in [1.165, 1.54) is 0 Å². The second-order valence-electron chi connectivity index (χ2n) is 4.25. The van der Waals surface area contributed by atoms with Gasteiger partial charge in [-0.25, -0.2) is 0 Å². The predicted octanol–water partition coefficient (Wildman–Crippen LogP) is 4.07. The highest BCUT2D eigenvalue weighted by Crippen LogP contribution is 2.20. The van der Waals surface area contributed by atoms with Crippen molar-refractivity contribution in [1.29, 1.82) is 0 Å². The first kappa shape index (κ1) is 14.9. The van der Waals surface area contributed by atoms with Crippen LogP contribution < -0.4 is 10.6 Å². The van der Waals surface area contributed by atoms with Crippen LogP contribution in [0.3, 0.4) is 0 Å². The van der Waals surface area contributed by atoms with Crippen LogP contribution in [0.1, 0.15) is 15.9 Å². The average Bonchev–Trinajstić information content (AvgIpc) is 2.45. The van der Waals surface area contributed by atoms with Gasteiger partial charge in [0.2, 0.25) is 0 Å². The third kappa shape index (κ3) is 3.74. The number of anilines is 1. The first-order valence-electron chi connectivity index (χ1n) is 6.10. The van der Waals surface area contributed by atoms with Gasteiger partial charge in [0.1, 0.15) is 0 Å². The second kappa shape index (κ2) is 6.77. The van der Waals surface area contributed by atoms with Gasteiger partial charge in [-0.2, -0.15) is 0 Å². The molecule has 1 amide bonds. The summed E-state index contributed by atoms with van der Waals surface area (Å²) >= 11 is 9.35. The van der Waals surface area contributed by atoms with Gasteiger partial charge in [-0.05, 0) is 35.9 Å². The summed E-state index contributed by atoms with van der Waals surface area (Å²) in [6.07, 6.45) is 0. The Bertz CT molecular complexity index is 631. The Hall–Kier alpha value is -1.52. The van der Waals surface area contributed by atoms with Crippen molar-refractivity contribution in [3.8, 4) is 0 Å². The number of benzene rings is 2. The lowest BCUT2D eigenvalue weighted by atomic mass is 10.1. The minimum absolute atomic E-state index is 0.156. The molecule has 0 unspecified atom stereocenters. The summed E-state index contributed by atoms with van der Waals surface area (Å²) in [6.45, 7) is 0.466. The molecule has 0 aliphatic carbocycles. The maximum absolute atomic E-state index is 12.2. The molecule has 0 aliphatic rings. The Balaban J connectivity index is 2.10. The molecular formula is C15H14BrClN2O. The summed E-state index contributed by atoms with van der Waals surface area (Å²) in [5.74, 6) is -0.156. The maximum Gasteiger partial charge on any atom is 0.253 e. The van der Waals surface area contributed by atoms with E-state index in [1.807, 2.05) is 24.3 Å². The topological polar surface area (TPSA) is 41.1 Å². The molecular weight excluding hydrogens is 340 g/mol. The highest BCUT2D eigenvalue weighted by Gasteiger charge is 2.11. The van der Waals surface area contributed by atoms with Gasteiger partial charge >= 0.3 is 0 Å². The van der Waals surface area contributed by atoms with E-state index < -0.39 is 0 Å². The molecule has 0 spiro atoms. The second-order valence-corrected chi connectivity index (χ2v) is 5.60. The van der Waals surface area contributed by atoms with E-state index in [0.717, 1.165) is 15.7 Å². The molecule has 0 atom stereocenters. The van der Waals surface area contributed by atoms with Crippen LogP contribution in [0.25, 0.3) is 0 Å². The molecule has 5 heteroatoms. The van der Waals surface area contributed by atoms with Crippen LogP contribution in [0, 0.1) is 0 Å². The third-order valence-corrected chi connectivity index (χ3v) is 3.57. The summed E-state index contributed by atoms with van der Waals surface area (Å²) in [6, 6.07) is 13.0. The van der Waals surface area contributed by atoms with Crippen molar-refractivity contribution in [1.82, 2.24) is 5.32 Å². The van der Waals surface area contributed by atoms with Crippen molar-refractivity contribution < 1.29 is 4.79 Å². The Morgan fingerprint density at radius 3 is 2.75 bits per heavy atom. The molecule has 2 aromatic carbocycles. The number of nitrogens with one attached hydrogen (secondary N) is 2. The van der Waals surface area contributed by atoms with E-state index in [4.69, 9.17) is 11.6 Å². The van der Waals surface area contributed by atoms with Crippen LogP contribution in [-0.2, 0) is 6.54 Å².